The lowest BCUT2D eigenvalue weighted by Crippen LogP contribution is -2.34. The Hall–Kier alpha value is -3.32. The van der Waals surface area contributed by atoms with Gasteiger partial charge < -0.3 is 9.51 Å². The summed E-state index contributed by atoms with van der Waals surface area (Å²) in [6, 6.07) is 14.2. The summed E-state index contributed by atoms with van der Waals surface area (Å²) in [5, 5.41) is 4.18. The summed E-state index contributed by atoms with van der Waals surface area (Å²) in [6.07, 6.45) is 5.95. The lowest BCUT2D eigenvalue weighted by atomic mass is 10.0. The van der Waals surface area contributed by atoms with Gasteiger partial charge in [0.25, 0.3) is 0 Å². The molecule has 0 saturated carbocycles. The quantitative estimate of drug-likeness (QED) is 0.603. The first-order valence-electron chi connectivity index (χ1n) is 8.90. The molecule has 0 bridgehead atoms. The number of benzene rings is 1. The number of imidazole rings is 1. The third kappa shape index (κ3) is 3.13. The van der Waals surface area contributed by atoms with Gasteiger partial charge in [0.05, 0.1) is 23.8 Å². The Morgan fingerprint density at radius 2 is 1.96 bits per heavy atom. The van der Waals surface area contributed by atoms with E-state index < -0.39 is 0 Å². The highest BCUT2D eigenvalue weighted by Crippen LogP contribution is 2.33. The SMILES string of the molecule is c1ccc(CN2Cc3[nH]cnc3C[C@H]2c2nc(-c3ccncc3)no2)cc1. The number of rotatable bonds is 4. The van der Waals surface area contributed by atoms with E-state index in [0.717, 1.165) is 36.5 Å². The van der Waals surface area contributed by atoms with Crippen molar-refractivity contribution in [3.05, 3.63) is 84.0 Å². The molecular weight excluding hydrogens is 340 g/mol. The monoisotopic (exact) mass is 358 g/mol. The van der Waals surface area contributed by atoms with Crippen LogP contribution in [0.1, 0.15) is 28.9 Å². The van der Waals surface area contributed by atoms with Crippen LogP contribution in [0.15, 0.2) is 65.7 Å². The van der Waals surface area contributed by atoms with E-state index in [1.807, 2.05) is 18.2 Å². The first kappa shape index (κ1) is 15.9. The van der Waals surface area contributed by atoms with Crippen LogP contribution in [0.2, 0.25) is 0 Å². The third-order valence-corrected chi connectivity index (χ3v) is 4.89. The van der Waals surface area contributed by atoms with Crippen LogP contribution in [0, 0.1) is 0 Å². The standard InChI is InChI=1S/C20H18N6O/c1-2-4-14(5-3-1)11-26-12-17-16(22-13-23-17)10-18(26)20-24-19(25-27-20)15-6-8-21-9-7-15/h1-9,13,18H,10-12H2,(H,22,23)/t18-/m0/s1. The highest BCUT2D eigenvalue weighted by atomic mass is 16.5. The average molecular weight is 358 g/mol. The number of nitrogens with zero attached hydrogens (tertiary/aromatic N) is 5. The summed E-state index contributed by atoms with van der Waals surface area (Å²) >= 11 is 0. The molecule has 134 valence electrons. The van der Waals surface area contributed by atoms with E-state index in [1.54, 1.807) is 18.7 Å². The molecular formula is C20H18N6O. The van der Waals surface area contributed by atoms with E-state index in [9.17, 15) is 0 Å². The number of hydrogen-bond donors (Lipinski definition) is 1. The molecule has 7 heteroatoms. The van der Waals surface area contributed by atoms with Crippen LogP contribution in [-0.4, -0.2) is 30.0 Å². The van der Waals surface area contributed by atoms with Crippen LogP contribution in [-0.2, 0) is 19.5 Å². The zero-order valence-electron chi connectivity index (χ0n) is 14.6. The molecule has 1 atom stereocenters. The molecule has 0 spiro atoms. The molecule has 4 aromatic rings. The molecule has 1 aliphatic heterocycles. The molecule has 1 N–H and O–H groups in total. The fourth-order valence-corrected chi connectivity index (χ4v) is 3.50. The van der Waals surface area contributed by atoms with Crippen LogP contribution < -0.4 is 0 Å². The molecule has 1 aliphatic rings. The molecule has 0 amide bonds. The topological polar surface area (TPSA) is 83.7 Å². The summed E-state index contributed by atoms with van der Waals surface area (Å²) < 4.78 is 5.66. The molecule has 0 unspecified atom stereocenters. The Bertz CT molecular complexity index is 1030. The van der Waals surface area contributed by atoms with Gasteiger partial charge in [-0.25, -0.2) is 4.98 Å². The number of aromatic amines is 1. The Kier molecular flexibility index (Phi) is 3.99. The van der Waals surface area contributed by atoms with E-state index in [1.165, 1.54) is 5.56 Å². The van der Waals surface area contributed by atoms with Crippen molar-refractivity contribution in [2.45, 2.75) is 25.6 Å². The summed E-state index contributed by atoms with van der Waals surface area (Å²) in [4.78, 5) is 18.8. The van der Waals surface area contributed by atoms with Crippen molar-refractivity contribution in [3.8, 4) is 11.4 Å². The Morgan fingerprint density at radius 3 is 2.81 bits per heavy atom. The second-order valence-electron chi connectivity index (χ2n) is 6.63. The predicted molar refractivity (Wildman–Crippen MR) is 98.3 cm³/mol. The Labute approximate surface area is 156 Å². The van der Waals surface area contributed by atoms with Crippen molar-refractivity contribution in [2.75, 3.05) is 0 Å². The largest absolute Gasteiger partial charge is 0.347 e. The van der Waals surface area contributed by atoms with Gasteiger partial charge in [0.1, 0.15) is 0 Å². The van der Waals surface area contributed by atoms with Crippen LogP contribution >= 0.6 is 0 Å². The molecule has 0 saturated heterocycles. The second-order valence-corrected chi connectivity index (χ2v) is 6.63. The van der Waals surface area contributed by atoms with Gasteiger partial charge in [-0.2, -0.15) is 4.98 Å². The first-order valence-corrected chi connectivity index (χ1v) is 8.90. The number of aromatic nitrogens is 5. The number of pyridine rings is 1. The summed E-state index contributed by atoms with van der Waals surface area (Å²) in [5.74, 6) is 1.20. The van der Waals surface area contributed by atoms with Crippen molar-refractivity contribution < 1.29 is 4.52 Å². The predicted octanol–water partition coefficient (Wildman–Crippen LogP) is 3.15. The first-order chi connectivity index (χ1) is 13.4. The van der Waals surface area contributed by atoms with Crippen molar-refractivity contribution >= 4 is 0 Å². The molecule has 5 rings (SSSR count). The maximum absolute atomic E-state index is 5.66. The van der Waals surface area contributed by atoms with E-state index in [0.29, 0.717) is 11.7 Å². The van der Waals surface area contributed by atoms with Crippen LogP contribution in [0.5, 0.6) is 0 Å². The highest BCUT2D eigenvalue weighted by Gasteiger charge is 2.33. The molecule has 0 aliphatic carbocycles. The number of fused-ring (bicyclic) bond motifs is 1. The van der Waals surface area contributed by atoms with Gasteiger partial charge in [-0.05, 0) is 17.7 Å². The van der Waals surface area contributed by atoms with Crippen LogP contribution in [0.3, 0.4) is 0 Å². The normalized spacial score (nSPS) is 17.0. The fourth-order valence-electron chi connectivity index (χ4n) is 3.50. The molecule has 7 nitrogen and oxygen atoms in total. The van der Waals surface area contributed by atoms with Gasteiger partial charge in [-0.15, -0.1) is 0 Å². The van der Waals surface area contributed by atoms with E-state index in [2.05, 4.69) is 54.3 Å². The minimum Gasteiger partial charge on any atom is -0.347 e. The molecule has 0 fully saturated rings. The Balaban J connectivity index is 1.47. The van der Waals surface area contributed by atoms with Crippen LogP contribution in [0.4, 0.5) is 0 Å². The van der Waals surface area contributed by atoms with Crippen molar-refractivity contribution in [3.63, 3.8) is 0 Å². The van der Waals surface area contributed by atoms with Gasteiger partial charge >= 0.3 is 0 Å². The van der Waals surface area contributed by atoms with Crippen LogP contribution in [0.25, 0.3) is 11.4 Å². The summed E-state index contributed by atoms with van der Waals surface area (Å²) in [6.45, 7) is 1.57. The second kappa shape index (κ2) is 6.77. The zero-order chi connectivity index (χ0) is 18.1. The maximum atomic E-state index is 5.66. The van der Waals surface area contributed by atoms with E-state index in [4.69, 9.17) is 4.52 Å². The van der Waals surface area contributed by atoms with Gasteiger partial charge in [0.2, 0.25) is 11.7 Å². The van der Waals surface area contributed by atoms with Crippen molar-refractivity contribution in [1.29, 1.82) is 0 Å². The minimum atomic E-state index is -0.0101. The average Bonchev–Trinajstić information content (AvgIpc) is 3.38. The zero-order valence-corrected chi connectivity index (χ0v) is 14.6. The maximum Gasteiger partial charge on any atom is 0.244 e. The Morgan fingerprint density at radius 1 is 1.11 bits per heavy atom. The molecule has 1 aromatic carbocycles. The van der Waals surface area contributed by atoms with Gasteiger partial charge in [-0.1, -0.05) is 35.5 Å². The van der Waals surface area contributed by atoms with E-state index >= 15 is 0 Å². The van der Waals surface area contributed by atoms with E-state index in [-0.39, 0.29) is 6.04 Å². The number of H-pyrrole nitrogens is 1. The third-order valence-electron chi connectivity index (χ3n) is 4.89. The summed E-state index contributed by atoms with van der Waals surface area (Å²) in [5.41, 5.74) is 4.36. The van der Waals surface area contributed by atoms with Gasteiger partial charge in [0, 0.05) is 37.5 Å². The van der Waals surface area contributed by atoms with Gasteiger partial charge in [-0.3, -0.25) is 9.88 Å². The lowest BCUT2D eigenvalue weighted by molar-refractivity contribution is 0.128. The number of nitrogens with one attached hydrogen (secondary N) is 1. The molecule has 3 aromatic heterocycles. The summed E-state index contributed by atoms with van der Waals surface area (Å²) in [7, 11) is 0. The van der Waals surface area contributed by atoms with Gasteiger partial charge in [0.15, 0.2) is 0 Å². The number of hydrogen-bond acceptors (Lipinski definition) is 6. The molecule has 0 radical (unpaired) electrons. The molecule has 27 heavy (non-hydrogen) atoms. The highest BCUT2D eigenvalue weighted by molar-refractivity contribution is 5.52. The van der Waals surface area contributed by atoms with Crippen molar-refractivity contribution in [1.82, 2.24) is 30.0 Å². The minimum absolute atomic E-state index is 0.0101. The smallest absolute Gasteiger partial charge is 0.244 e. The van der Waals surface area contributed by atoms with Crippen molar-refractivity contribution in [2.24, 2.45) is 0 Å². The fraction of sp³-hybridized carbons (Fsp3) is 0.200. The molecule has 4 heterocycles. The lowest BCUT2D eigenvalue weighted by Gasteiger charge is -2.32.